The second-order valence-corrected chi connectivity index (χ2v) is 3.76. The first-order valence-corrected chi connectivity index (χ1v) is 4.43. The molecule has 0 spiro atoms. The predicted octanol–water partition coefficient (Wildman–Crippen LogP) is 3.68. The van der Waals surface area contributed by atoms with Gasteiger partial charge in [-0.3, -0.25) is 5.73 Å². The van der Waals surface area contributed by atoms with Crippen molar-refractivity contribution in [2.24, 2.45) is 5.73 Å². The van der Waals surface area contributed by atoms with E-state index >= 15 is 0 Å². The molecule has 0 saturated carbocycles. The summed E-state index contributed by atoms with van der Waals surface area (Å²) in [6.07, 6.45) is 0. The van der Waals surface area contributed by atoms with Gasteiger partial charge in [0.15, 0.2) is 6.67 Å². The number of nitrogens with two attached hydrogens (primary N) is 1. The molecule has 1 nitrogen and oxygen atoms in total. The van der Waals surface area contributed by atoms with Gasteiger partial charge in [0.25, 0.3) is 0 Å². The van der Waals surface area contributed by atoms with Crippen LogP contribution < -0.4 is 5.73 Å². The first-order chi connectivity index (χ1) is 8.81. The molecule has 21 heavy (non-hydrogen) atoms. The third-order valence-corrected chi connectivity index (χ3v) is 2.23. The van der Waals surface area contributed by atoms with Gasteiger partial charge >= 0.3 is 35.7 Å². The molecule has 0 aromatic heterocycles. The lowest BCUT2D eigenvalue weighted by atomic mass is 9.94. The quantitative estimate of drug-likeness (QED) is 0.575. The fourth-order valence-corrected chi connectivity index (χ4v) is 0.917. The molecule has 0 atom stereocenters. The molecule has 0 aromatic carbocycles. The van der Waals surface area contributed by atoms with Gasteiger partial charge < -0.3 is 0 Å². The molecular formula is C7H4F13N. The highest BCUT2D eigenvalue weighted by Crippen LogP contribution is 2.59. The molecule has 0 saturated heterocycles. The highest BCUT2D eigenvalue weighted by molar-refractivity contribution is 5.10. The molecule has 0 heterocycles. The average molecular weight is 349 g/mol. The van der Waals surface area contributed by atoms with E-state index in [1.54, 1.807) is 0 Å². The smallest absolute Gasteiger partial charge is 0.267 e. The Morgan fingerprint density at radius 3 is 1.05 bits per heavy atom. The molecule has 0 amide bonds. The van der Waals surface area contributed by atoms with E-state index in [0.717, 1.165) is 0 Å². The fraction of sp³-hybridized carbons (Fsp3) is 1.00. The minimum Gasteiger partial charge on any atom is -0.267 e. The van der Waals surface area contributed by atoms with Crippen LogP contribution in [0.25, 0.3) is 0 Å². The predicted molar refractivity (Wildman–Crippen MR) is 39.8 cm³/mol. The first-order valence-electron chi connectivity index (χ1n) is 4.43. The van der Waals surface area contributed by atoms with Gasteiger partial charge in [0.1, 0.15) is 0 Å². The zero-order valence-electron chi connectivity index (χ0n) is 9.20. The van der Waals surface area contributed by atoms with Crippen LogP contribution in [0.3, 0.4) is 0 Å². The summed E-state index contributed by atoms with van der Waals surface area (Å²) in [6.45, 7) is -3.64. The van der Waals surface area contributed by atoms with Crippen LogP contribution in [0.5, 0.6) is 0 Å². The van der Waals surface area contributed by atoms with E-state index in [1.165, 1.54) is 0 Å². The number of rotatable bonds is 6. The maximum Gasteiger partial charge on any atom is 0.392 e. The third-order valence-electron chi connectivity index (χ3n) is 2.23. The van der Waals surface area contributed by atoms with Gasteiger partial charge in [-0.05, 0) is 0 Å². The van der Waals surface area contributed by atoms with Crippen LogP contribution in [-0.4, -0.2) is 42.3 Å². The van der Waals surface area contributed by atoms with Gasteiger partial charge in [0.2, 0.25) is 0 Å². The molecule has 128 valence electrons. The van der Waals surface area contributed by atoms with Crippen LogP contribution in [0, 0.1) is 0 Å². The summed E-state index contributed by atoms with van der Waals surface area (Å²) in [6, 6.07) is -6.46. The van der Waals surface area contributed by atoms with Crippen LogP contribution >= 0.6 is 0 Å². The summed E-state index contributed by atoms with van der Waals surface area (Å²) in [5.74, 6) is -36.7. The van der Waals surface area contributed by atoms with Crippen LogP contribution in [0.1, 0.15) is 0 Å². The molecule has 2 N–H and O–H groups in total. The van der Waals surface area contributed by atoms with Crippen molar-refractivity contribution in [1.82, 2.24) is 0 Å². The zero-order chi connectivity index (χ0) is 17.7. The van der Waals surface area contributed by atoms with Gasteiger partial charge in [0, 0.05) is 0 Å². The largest absolute Gasteiger partial charge is 0.392 e. The van der Waals surface area contributed by atoms with E-state index in [9.17, 15) is 57.1 Å². The second-order valence-electron chi connectivity index (χ2n) is 3.76. The highest BCUT2D eigenvalue weighted by Gasteiger charge is 2.89. The van der Waals surface area contributed by atoms with Gasteiger partial charge in [-0.1, -0.05) is 0 Å². The lowest BCUT2D eigenvalue weighted by Crippen LogP contribution is -2.72. The summed E-state index contributed by atoms with van der Waals surface area (Å²) in [4.78, 5) is 0. The van der Waals surface area contributed by atoms with Crippen molar-refractivity contribution in [1.29, 1.82) is 0 Å². The molecule has 0 aliphatic carbocycles. The minimum atomic E-state index is -7.75. The molecule has 14 heteroatoms. The summed E-state index contributed by atoms with van der Waals surface area (Å²) >= 11 is 0. The third kappa shape index (κ3) is 2.50. The highest BCUT2D eigenvalue weighted by atomic mass is 19.4. The Labute approximate surface area is 106 Å². The summed E-state index contributed by atoms with van der Waals surface area (Å²) in [5.41, 5.74) is 3.18. The number of hydrogen-bond acceptors (Lipinski definition) is 1. The zero-order valence-corrected chi connectivity index (χ0v) is 9.20. The average Bonchev–Trinajstić information content (AvgIpc) is 2.26. The van der Waals surface area contributed by atoms with Crippen LogP contribution in [0.2, 0.25) is 0 Å². The van der Waals surface area contributed by atoms with Crippen molar-refractivity contribution in [3.8, 4) is 0 Å². The molecule has 0 aliphatic rings. The normalized spacial score (nSPS) is 16.3. The van der Waals surface area contributed by atoms with E-state index < -0.39 is 42.3 Å². The Bertz CT molecular complexity index is 380. The van der Waals surface area contributed by atoms with Gasteiger partial charge in [0.05, 0.1) is 0 Å². The fourth-order valence-electron chi connectivity index (χ4n) is 0.917. The Hall–Kier alpha value is -0.950. The Morgan fingerprint density at radius 2 is 0.810 bits per heavy atom. The van der Waals surface area contributed by atoms with Crippen LogP contribution in [0.15, 0.2) is 0 Å². The maximum absolute atomic E-state index is 12.7. The van der Waals surface area contributed by atoms with Gasteiger partial charge in [-0.25, -0.2) is 4.39 Å². The van der Waals surface area contributed by atoms with Crippen LogP contribution in [0.4, 0.5) is 57.1 Å². The Balaban J connectivity index is 6.14. The second kappa shape index (κ2) is 4.78. The van der Waals surface area contributed by atoms with E-state index in [0.29, 0.717) is 0 Å². The Kier molecular flexibility index (Phi) is 4.56. The van der Waals surface area contributed by atoms with Crippen molar-refractivity contribution in [2.45, 2.75) is 35.7 Å². The first kappa shape index (κ1) is 20.1. The number of hydrogen-bond donors (Lipinski definition) is 1. The minimum absolute atomic E-state index is 3.18. The van der Waals surface area contributed by atoms with E-state index in [2.05, 4.69) is 5.73 Å². The lowest BCUT2D eigenvalue weighted by Gasteiger charge is -2.39. The standard InChI is InChI=1S/C7H4F13N/c8-1-2(9,10)3(11,12)4(13,14)5(15,16)6(17,18)7(19,20)21/h1,21H2. The van der Waals surface area contributed by atoms with Gasteiger partial charge in [-0.15, -0.1) is 0 Å². The van der Waals surface area contributed by atoms with Crippen molar-refractivity contribution in [3.63, 3.8) is 0 Å². The summed E-state index contributed by atoms with van der Waals surface area (Å²) in [5, 5.41) is 0. The monoisotopic (exact) mass is 349 g/mol. The summed E-state index contributed by atoms with van der Waals surface area (Å²) < 4.78 is 161. The molecular weight excluding hydrogens is 345 g/mol. The van der Waals surface area contributed by atoms with E-state index in [-0.39, 0.29) is 0 Å². The molecule has 0 bridgehead atoms. The van der Waals surface area contributed by atoms with Crippen LogP contribution in [-0.2, 0) is 0 Å². The Morgan fingerprint density at radius 1 is 0.524 bits per heavy atom. The molecule has 0 aliphatic heterocycles. The molecule has 0 unspecified atom stereocenters. The summed E-state index contributed by atoms with van der Waals surface area (Å²) in [7, 11) is 0. The SMILES string of the molecule is NC(F)(F)C(F)(F)C(F)(F)C(F)(F)C(F)(F)C(F)(F)CF. The number of halogens is 13. The number of alkyl halides is 13. The molecule has 0 radical (unpaired) electrons. The van der Waals surface area contributed by atoms with Crippen molar-refractivity contribution in [2.75, 3.05) is 6.67 Å². The van der Waals surface area contributed by atoms with Crippen molar-refractivity contribution >= 4 is 0 Å². The molecule has 0 rings (SSSR count). The molecule has 0 fully saturated rings. The maximum atomic E-state index is 12.7. The molecule has 0 aromatic rings. The van der Waals surface area contributed by atoms with Gasteiger partial charge in [-0.2, -0.15) is 52.7 Å². The van der Waals surface area contributed by atoms with E-state index in [1.807, 2.05) is 0 Å². The van der Waals surface area contributed by atoms with E-state index in [4.69, 9.17) is 0 Å². The topological polar surface area (TPSA) is 26.0 Å². The lowest BCUT2D eigenvalue weighted by molar-refractivity contribution is -0.424. The van der Waals surface area contributed by atoms with Crippen molar-refractivity contribution < 1.29 is 57.1 Å². The van der Waals surface area contributed by atoms with Crippen molar-refractivity contribution in [3.05, 3.63) is 0 Å².